The van der Waals surface area contributed by atoms with Crippen LogP contribution in [0.1, 0.15) is 16.7 Å². The predicted molar refractivity (Wildman–Crippen MR) is 50.9 cm³/mol. The molecule has 0 saturated carbocycles. The van der Waals surface area contributed by atoms with Crippen molar-refractivity contribution >= 4 is 5.69 Å². The molecule has 0 atom stereocenters. The number of benzene rings is 1. The van der Waals surface area contributed by atoms with Crippen LogP contribution in [0.2, 0.25) is 0 Å². The van der Waals surface area contributed by atoms with Crippen LogP contribution in [-0.2, 0) is 13.0 Å². The first kappa shape index (κ1) is 8.97. The minimum absolute atomic E-state index is 0.0446. The molecule has 1 aromatic carbocycles. The van der Waals surface area contributed by atoms with E-state index >= 15 is 0 Å². The van der Waals surface area contributed by atoms with Crippen LogP contribution in [0.4, 0.5) is 10.1 Å². The molecule has 0 amide bonds. The summed E-state index contributed by atoms with van der Waals surface area (Å²) in [5, 5.41) is 11.8. The number of halogens is 1. The minimum Gasteiger partial charge on any atom is -0.398 e. The van der Waals surface area contributed by atoms with Crippen molar-refractivity contribution < 1.29 is 4.39 Å². The second-order valence-corrected chi connectivity index (χ2v) is 3.32. The van der Waals surface area contributed by atoms with Crippen LogP contribution in [0.15, 0.2) is 6.07 Å². The van der Waals surface area contributed by atoms with E-state index in [4.69, 9.17) is 11.0 Å². The van der Waals surface area contributed by atoms with Crippen LogP contribution < -0.4 is 11.1 Å². The van der Waals surface area contributed by atoms with Crippen molar-refractivity contribution in [2.24, 2.45) is 0 Å². The monoisotopic (exact) mass is 191 g/mol. The Morgan fingerprint density at radius 1 is 1.50 bits per heavy atom. The fourth-order valence-electron chi connectivity index (χ4n) is 1.75. The van der Waals surface area contributed by atoms with E-state index in [1.807, 2.05) is 6.07 Å². The molecule has 0 fully saturated rings. The number of rotatable bonds is 0. The van der Waals surface area contributed by atoms with Gasteiger partial charge in [-0.15, -0.1) is 0 Å². The molecule has 1 aliphatic rings. The molecule has 1 heterocycles. The molecular weight excluding hydrogens is 181 g/mol. The van der Waals surface area contributed by atoms with E-state index < -0.39 is 5.82 Å². The average Bonchev–Trinajstić information content (AvgIpc) is 2.23. The smallest absolute Gasteiger partial charge is 0.144 e. The second-order valence-electron chi connectivity index (χ2n) is 3.32. The average molecular weight is 191 g/mol. The highest BCUT2D eigenvalue weighted by Gasteiger charge is 2.18. The summed E-state index contributed by atoms with van der Waals surface area (Å²) in [6.07, 6.45) is 0.598. The third kappa shape index (κ3) is 1.22. The summed E-state index contributed by atoms with van der Waals surface area (Å²) in [7, 11) is 0. The number of nitrogens with zero attached hydrogens (tertiary/aromatic N) is 1. The Hall–Kier alpha value is -1.60. The van der Waals surface area contributed by atoms with Crippen molar-refractivity contribution in [1.29, 1.82) is 5.26 Å². The lowest BCUT2D eigenvalue weighted by atomic mass is 9.96. The molecule has 14 heavy (non-hydrogen) atoms. The van der Waals surface area contributed by atoms with Gasteiger partial charge in [-0.05, 0) is 30.2 Å². The lowest BCUT2D eigenvalue weighted by molar-refractivity contribution is 0.567. The van der Waals surface area contributed by atoms with Gasteiger partial charge >= 0.3 is 0 Å². The standard InChI is InChI=1S/C10H10FN3/c11-10-6(4-12)3-9(13)8-5-14-2-1-7(8)10/h3,14H,1-2,5,13H2. The highest BCUT2D eigenvalue weighted by Crippen LogP contribution is 2.26. The van der Waals surface area contributed by atoms with Crippen LogP contribution in [0.5, 0.6) is 0 Å². The first-order valence-electron chi connectivity index (χ1n) is 4.44. The highest BCUT2D eigenvalue weighted by atomic mass is 19.1. The van der Waals surface area contributed by atoms with Crippen molar-refractivity contribution in [3.63, 3.8) is 0 Å². The molecule has 0 saturated heterocycles. The lowest BCUT2D eigenvalue weighted by Crippen LogP contribution is -2.26. The molecule has 1 aromatic rings. The van der Waals surface area contributed by atoms with Gasteiger partial charge in [0.2, 0.25) is 0 Å². The van der Waals surface area contributed by atoms with Gasteiger partial charge in [-0.2, -0.15) is 5.26 Å². The maximum absolute atomic E-state index is 13.6. The molecular formula is C10H10FN3. The summed E-state index contributed by atoms with van der Waals surface area (Å²) in [4.78, 5) is 0. The topological polar surface area (TPSA) is 61.8 Å². The van der Waals surface area contributed by atoms with E-state index in [2.05, 4.69) is 5.32 Å². The molecule has 0 spiro atoms. The largest absolute Gasteiger partial charge is 0.398 e. The number of nitriles is 1. The Morgan fingerprint density at radius 2 is 2.29 bits per heavy atom. The van der Waals surface area contributed by atoms with Gasteiger partial charge in [-0.1, -0.05) is 0 Å². The molecule has 2 rings (SSSR count). The maximum Gasteiger partial charge on any atom is 0.144 e. The molecule has 0 aliphatic carbocycles. The normalized spacial score (nSPS) is 14.6. The van der Waals surface area contributed by atoms with E-state index in [9.17, 15) is 4.39 Å². The summed E-state index contributed by atoms with van der Waals surface area (Å²) in [6.45, 7) is 1.32. The third-order valence-electron chi connectivity index (χ3n) is 2.49. The number of nitrogens with two attached hydrogens (primary N) is 1. The predicted octanol–water partition coefficient (Wildman–Crippen LogP) is 0.925. The molecule has 0 radical (unpaired) electrons. The summed E-state index contributed by atoms with van der Waals surface area (Å²) >= 11 is 0. The fourth-order valence-corrected chi connectivity index (χ4v) is 1.75. The van der Waals surface area contributed by atoms with Crippen LogP contribution in [0.25, 0.3) is 0 Å². The van der Waals surface area contributed by atoms with E-state index in [1.54, 1.807) is 0 Å². The Morgan fingerprint density at radius 3 is 3.00 bits per heavy atom. The first-order chi connectivity index (χ1) is 6.74. The van der Waals surface area contributed by atoms with Gasteiger partial charge in [0.05, 0.1) is 5.56 Å². The van der Waals surface area contributed by atoms with E-state index in [0.717, 1.165) is 12.1 Å². The zero-order chi connectivity index (χ0) is 10.1. The first-order valence-corrected chi connectivity index (χ1v) is 4.44. The molecule has 0 aromatic heterocycles. The Kier molecular flexibility index (Phi) is 2.10. The maximum atomic E-state index is 13.6. The minimum atomic E-state index is -0.404. The Labute approximate surface area is 81.3 Å². The summed E-state index contributed by atoms with van der Waals surface area (Å²) in [5.41, 5.74) is 7.67. The van der Waals surface area contributed by atoms with Gasteiger partial charge in [0.15, 0.2) is 0 Å². The number of nitrogens with one attached hydrogen (secondary N) is 1. The molecule has 1 aliphatic heterocycles. The van der Waals surface area contributed by atoms with Crippen LogP contribution in [0, 0.1) is 17.1 Å². The number of hydrogen-bond donors (Lipinski definition) is 2. The third-order valence-corrected chi connectivity index (χ3v) is 2.49. The molecule has 3 nitrogen and oxygen atoms in total. The molecule has 0 unspecified atom stereocenters. The fraction of sp³-hybridized carbons (Fsp3) is 0.300. The highest BCUT2D eigenvalue weighted by molar-refractivity contribution is 5.57. The van der Waals surface area contributed by atoms with Gasteiger partial charge in [0, 0.05) is 12.2 Å². The van der Waals surface area contributed by atoms with Gasteiger partial charge in [-0.25, -0.2) is 4.39 Å². The van der Waals surface area contributed by atoms with E-state index in [-0.39, 0.29) is 5.56 Å². The summed E-state index contributed by atoms with van der Waals surface area (Å²) < 4.78 is 13.6. The quantitative estimate of drug-likeness (QED) is 0.599. The van der Waals surface area contributed by atoms with E-state index in [0.29, 0.717) is 24.2 Å². The van der Waals surface area contributed by atoms with Gasteiger partial charge in [-0.3, -0.25) is 0 Å². The number of fused-ring (bicyclic) bond motifs is 1. The number of nitrogen functional groups attached to an aromatic ring is 1. The van der Waals surface area contributed by atoms with Gasteiger partial charge in [0.1, 0.15) is 11.9 Å². The second kappa shape index (κ2) is 3.28. The van der Waals surface area contributed by atoms with Crippen molar-refractivity contribution in [3.05, 3.63) is 28.6 Å². The lowest BCUT2D eigenvalue weighted by Gasteiger charge is -2.19. The van der Waals surface area contributed by atoms with Crippen LogP contribution in [-0.4, -0.2) is 6.54 Å². The summed E-state index contributed by atoms with van der Waals surface area (Å²) in [5.74, 6) is -0.404. The summed E-state index contributed by atoms with van der Waals surface area (Å²) in [6, 6.07) is 3.21. The number of anilines is 1. The SMILES string of the molecule is N#Cc1cc(N)c2c(c1F)CCNC2. The van der Waals surface area contributed by atoms with Crippen molar-refractivity contribution in [2.75, 3.05) is 12.3 Å². The van der Waals surface area contributed by atoms with Crippen LogP contribution >= 0.6 is 0 Å². The Balaban J connectivity index is 2.66. The Bertz CT molecular complexity index is 417. The molecule has 0 bridgehead atoms. The van der Waals surface area contributed by atoms with Gasteiger partial charge in [0.25, 0.3) is 0 Å². The molecule has 4 heteroatoms. The molecule has 72 valence electrons. The number of hydrogen-bond acceptors (Lipinski definition) is 3. The zero-order valence-electron chi connectivity index (χ0n) is 7.60. The van der Waals surface area contributed by atoms with Crippen molar-refractivity contribution in [3.8, 4) is 6.07 Å². The van der Waals surface area contributed by atoms with E-state index in [1.165, 1.54) is 6.07 Å². The van der Waals surface area contributed by atoms with Crippen molar-refractivity contribution in [1.82, 2.24) is 5.32 Å². The molecule has 3 N–H and O–H groups in total. The zero-order valence-corrected chi connectivity index (χ0v) is 7.60. The van der Waals surface area contributed by atoms with Crippen molar-refractivity contribution in [2.45, 2.75) is 13.0 Å². The van der Waals surface area contributed by atoms with Gasteiger partial charge < -0.3 is 11.1 Å². The van der Waals surface area contributed by atoms with Crippen LogP contribution in [0.3, 0.4) is 0 Å².